The smallest absolute Gasteiger partial charge is 0.242 e. The summed E-state index contributed by atoms with van der Waals surface area (Å²) in [6.45, 7) is 5.11. The number of unbranched alkanes of at least 4 members (excludes halogenated alkanes) is 1. The second-order valence-electron chi connectivity index (χ2n) is 7.73. The largest absolute Gasteiger partial charge is 0.343 e. The van der Waals surface area contributed by atoms with Gasteiger partial charge < -0.3 is 4.90 Å². The molecular weight excluding hydrogens is 362 g/mol. The standard InChI is InChI=1S/C20H31N3O3S/c1-3-4-16-27(25,26)23-12-10-20(11-13-23)19(24)21(2)14-15-22(20)17-18-8-6-5-7-9-18/h5-9H,3-4,10-17H2,1-2H3. The summed E-state index contributed by atoms with van der Waals surface area (Å²) >= 11 is 0. The maximum atomic E-state index is 13.1. The van der Waals surface area contributed by atoms with E-state index in [0.29, 0.717) is 38.9 Å². The number of piperazine rings is 1. The van der Waals surface area contributed by atoms with Crippen molar-refractivity contribution in [3.8, 4) is 0 Å². The van der Waals surface area contributed by atoms with Gasteiger partial charge in [0.25, 0.3) is 0 Å². The first-order valence-corrected chi connectivity index (χ1v) is 11.5. The normalized spacial score (nSPS) is 21.7. The quantitative estimate of drug-likeness (QED) is 0.741. The lowest BCUT2D eigenvalue weighted by molar-refractivity contribution is -0.154. The van der Waals surface area contributed by atoms with E-state index >= 15 is 0 Å². The summed E-state index contributed by atoms with van der Waals surface area (Å²) in [5, 5.41) is 0. The minimum absolute atomic E-state index is 0.135. The summed E-state index contributed by atoms with van der Waals surface area (Å²) in [6.07, 6.45) is 2.68. The summed E-state index contributed by atoms with van der Waals surface area (Å²) in [5.41, 5.74) is 0.604. The number of hydrogen-bond acceptors (Lipinski definition) is 4. The van der Waals surface area contributed by atoms with E-state index in [0.717, 1.165) is 19.5 Å². The van der Waals surface area contributed by atoms with Gasteiger partial charge >= 0.3 is 0 Å². The van der Waals surface area contributed by atoms with Gasteiger partial charge in [0.15, 0.2) is 0 Å². The van der Waals surface area contributed by atoms with Crippen molar-refractivity contribution in [2.24, 2.45) is 0 Å². The van der Waals surface area contributed by atoms with Crippen LogP contribution in [-0.4, -0.2) is 72.9 Å². The van der Waals surface area contributed by atoms with Crippen LogP contribution in [0.2, 0.25) is 0 Å². The van der Waals surface area contributed by atoms with Crippen molar-refractivity contribution in [2.45, 2.75) is 44.7 Å². The van der Waals surface area contributed by atoms with E-state index in [1.54, 1.807) is 4.31 Å². The van der Waals surface area contributed by atoms with Crippen LogP contribution < -0.4 is 0 Å². The molecule has 0 bridgehead atoms. The maximum Gasteiger partial charge on any atom is 0.242 e. The lowest BCUT2D eigenvalue weighted by atomic mass is 9.83. The average Bonchev–Trinajstić information content (AvgIpc) is 2.68. The highest BCUT2D eigenvalue weighted by Gasteiger charge is 2.50. The molecule has 2 fully saturated rings. The highest BCUT2D eigenvalue weighted by Crippen LogP contribution is 2.35. The minimum Gasteiger partial charge on any atom is -0.343 e. The molecule has 1 aromatic rings. The molecule has 27 heavy (non-hydrogen) atoms. The third-order valence-corrected chi connectivity index (χ3v) is 7.93. The molecule has 6 nitrogen and oxygen atoms in total. The van der Waals surface area contributed by atoms with E-state index < -0.39 is 15.6 Å². The molecule has 150 valence electrons. The summed E-state index contributed by atoms with van der Waals surface area (Å²) in [5.74, 6) is 0.341. The second-order valence-corrected chi connectivity index (χ2v) is 9.82. The zero-order valence-corrected chi connectivity index (χ0v) is 17.2. The number of hydrogen-bond donors (Lipinski definition) is 0. The van der Waals surface area contributed by atoms with Crippen LogP contribution in [0.4, 0.5) is 0 Å². The molecule has 0 aliphatic carbocycles. The van der Waals surface area contributed by atoms with E-state index in [4.69, 9.17) is 0 Å². The zero-order valence-electron chi connectivity index (χ0n) is 16.4. The maximum absolute atomic E-state index is 13.1. The zero-order chi connectivity index (χ0) is 19.5. The summed E-state index contributed by atoms with van der Waals surface area (Å²) in [7, 11) is -1.36. The molecule has 1 amide bonds. The fourth-order valence-corrected chi connectivity index (χ4v) is 5.88. The lowest BCUT2D eigenvalue weighted by Crippen LogP contribution is -2.68. The van der Waals surface area contributed by atoms with Gasteiger partial charge in [-0.1, -0.05) is 43.7 Å². The molecule has 0 N–H and O–H groups in total. The van der Waals surface area contributed by atoms with Crippen LogP contribution in [0.1, 0.15) is 38.2 Å². The highest BCUT2D eigenvalue weighted by molar-refractivity contribution is 7.89. The molecular formula is C20H31N3O3S. The van der Waals surface area contributed by atoms with Gasteiger partial charge in [0.2, 0.25) is 15.9 Å². The number of carbonyl (C=O) groups excluding carboxylic acids is 1. The average molecular weight is 394 g/mol. The fourth-order valence-electron chi connectivity index (χ4n) is 4.23. The van der Waals surface area contributed by atoms with E-state index in [2.05, 4.69) is 17.0 Å². The number of sulfonamides is 1. The molecule has 1 spiro atoms. The predicted molar refractivity (Wildman–Crippen MR) is 107 cm³/mol. The second kappa shape index (κ2) is 8.29. The molecule has 7 heteroatoms. The number of benzene rings is 1. The number of rotatable bonds is 6. The van der Waals surface area contributed by atoms with Crippen molar-refractivity contribution >= 4 is 15.9 Å². The Labute approximate surface area is 163 Å². The van der Waals surface area contributed by atoms with Crippen LogP contribution in [0.15, 0.2) is 30.3 Å². The SMILES string of the molecule is CCCCS(=O)(=O)N1CCC2(CC1)C(=O)N(C)CCN2Cc1ccccc1. The fraction of sp³-hybridized carbons (Fsp3) is 0.650. The van der Waals surface area contributed by atoms with Crippen LogP contribution in [0.3, 0.4) is 0 Å². The first-order valence-electron chi connectivity index (χ1n) is 9.91. The number of piperidine rings is 1. The van der Waals surface area contributed by atoms with Gasteiger partial charge in [-0.05, 0) is 24.8 Å². The van der Waals surface area contributed by atoms with Crippen molar-refractivity contribution < 1.29 is 13.2 Å². The third kappa shape index (κ3) is 4.20. The minimum atomic E-state index is -3.22. The van der Waals surface area contributed by atoms with Gasteiger partial charge in [0.1, 0.15) is 5.54 Å². The highest BCUT2D eigenvalue weighted by atomic mass is 32.2. The van der Waals surface area contributed by atoms with Gasteiger partial charge in [0, 0.05) is 39.8 Å². The van der Waals surface area contributed by atoms with E-state index in [-0.39, 0.29) is 11.7 Å². The van der Waals surface area contributed by atoms with Crippen molar-refractivity contribution in [2.75, 3.05) is 39.0 Å². The molecule has 0 radical (unpaired) electrons. The number of nitrogens with zero attached hydrogens (tertiary/aromatic N) is 3. The molecule has 0 aromatic heterocycles. The van der Waals surface area contributed by atoms with Crippen LogP contribution >= 0.6 is 0 Å². The van der Waals surface area contributed by atoms with E-state index in [1.807, 2.05) is 37.1 Å². The Kier molecular flexibility index (Phi) is 6.23. The number of carbonyl (C=O) groups is 1. The van der Waals surface area contributed by atoms with Gasteiger partial charge in [-0.3, -0.25) is 9.69 Å². The van der Waals surface area contributed by atoms with Crippen molar-refractivity contribution in [3.63, 3.8) is 0 Å². The van der Waals surface area contributed by atoms with Gasteiger partial charge in [-0.2, -0.15) is 0 Å². The third-order valence-electron chi connectivity index (χ3n) is 5.97. The van der Waals surface area contributed by atoms with E-state index in [1.165, 1.54) is 5.56 Å². The monoisotopic (exact) mass is 393 g/mol. The molecule has 3 rings (SSSR count). The molecule has 1 aromatic carbocycles. The Morgan fingerprint density at radius 2 is 1.70 bits per heavy atom. The van der Waals surface area contributed by atoms with Crippen molar-refractivity contribution in [3.05, 3.63) is 35.9 Å². The molecule has 0 atom stereocenters. The summed E-state index contributed by atoms with van der Waals surface area (Å²) < 4.78 is 26.7. The van der Waals surface area contributed by atoms with Crippen LogP contribution in [0.25, 0.3) is 0 Å². The van der Waals surface area contributed by atoms with Crippen LogP contribution in [-0.2, 0) is 21.4 Å². The summed E-state index contributed by atoms with van der Waals surface area (Å²) in [6, 6.07) is 10.2. The molecule has 2 aliphatic rings. The molecule has 2 aliphatic heterocycles. The molecule has 0 unspecified atom stereocenters. The van der Waals surface area contributed by atoms with Crippen molar-refractivity contribution in [1.29, 1.82) is 0 Å². The van der Waals surface area contributed by atoms with Crippen molar-refractivity contribution in [1.82, 2.24) is 14.1 Å². The van der Waals surface area contributed by atoms with Crippen LogP contribution in [0, 0.1) is 0 Å². The Hall–Kier alpha value is -1.44. The lowest BCUT2D eigenvalue weighted by Gasteiger charge is -2.52. The number of likely N-dealkylation sites (N-methyl/N-ethyl adjacent to an activating group) is 1. The predicted octanol–water partition coefficient (Wildman–Crippen LogP) is 1.93. The van der Waals surface area contributed by atoms with Gasteiger partial charge in [0.05, 0.1) is 5.75 Å². The molecule has 2 heterocycles. The number of amides is 1. The Balaban J connectivity index is 1.77. The van der Waals surface area contributed by atoms with Gasteiger partial charge in [-0.25, -0.2) is 12.7 Å². The Morgan fingerprint density at radius 3 is 2.33 bits per heavy atom. The summed E-state index contributed by atoms with van der Waals surface area (Å²) in [4.78, 5) is 17.2. The molecule has 2 saturated heterocycles. The first kappa shape index (κ1) is 20.3. The molecule has 0 saturated carbocycles. The first-order chi connectivity index (χ1) is 12.9. The topological polar surface area (TPSA) is 60.9 Å². The Bertz CT molecular complexity index is 743. The van der Waals surface area contributed by atoms with E-state index in [9.17, 15) is 13.2 Å². The van der Waals surface area contributed by atoms with Crippen LogP contribution in [0.5, 0.6) is 0 Å². The Morgan fingerprint density at radius 1 is 1.04 bits per heavy atom. The van der Waals surface area contributed by atoms with Gasteiger partial charge in [-0.15, -0.1) is 0 Å².